The minimum atomic E-state index is -0.401. The molecule has 0 spiro atoms. The summed E-state index contributed by atoms with van der Waals surface area (Å²) < 4.78 is 7.24. The van der Waals surface area contributed by atoms with Crippen LogP contribution < -0.4 is 10.2 Å². The number of thioether (sulfide) groups is 1. The Labute approximate surface area is 235 Å². The zero-order chi connectivity index (χ0) is 26.7. The van der Waals surface area contributed by atoms with Crippen LogP contribution in [0.25, 0.3) is 6.08 Å². The SMILES string of the molecule is Cc1ccc(C(=O)NN2C(=O)/C(=C\c3cc(Br)ccc3OCc3ccc(C(C)(C)C)cc3)SC2=S)cc1. The number of nitrogens with one attached hydrogen (secondary N) is 1. The molecule has 4 rings (SSSR count). The summed E-state index contributed by atoms with van der Waals surface area (Å²) in [6, 6.07) is 21.1. The summed E-state index contributed by atoms with van der Waals surface area (Å²) in [6.07, 6.45) is 1.74. The van der Waals surface area contributed by atoms with Gasteiger partial charge in [-0.1, -0.05) is 90.4 Å². The van der Waals surface area contributed by atoms with Crippen molar-refractivity contribution >= 4 is 62.1 Å². The number of nitrogens with zero attached hydrogens (tertiary/aromatic N) is 1. The highest BCUT2D eigenvalue weighted by molar-refractivity contribution is 9.10. The van der Waals surface area contributed by atoms with E-state index in [1.807, 2.05) is 37.3 Å². The van der Waals surface area contributed by atoms with E-state index in [9.17, 15) is 9.59 Å². The molecule has 0 saturated carbocycles. The number of ether oxygens (including phenoxy) is 1. The molecule has 190 valence electrons. The van der Waals surface area contributed by atoms with Gasteiger partial charge in [0.1, 0.15) is 12.4 Å². The number of benzene rings is 3. The normalized spacial score (nSPS) is 14.8. The Bertz CT molecular complexity index is 1380. The third kappa shape index (κ3) is 6.69. The number of carbonyl (C=O) groups is 2. The van der Waals surface area contributed by atoms with Crippen molar-refractivity contribution in [2.75, 3.05) is 0 Å². The Morgan fingerprint density at radius 1 is 1.08 bits per heavy atom. The van der Waals surface area contributed by atoms with Gasteiger partial charge < -0.3 is 4.74 Å². The first-order valence-corrected chi connectivity index (χ1v) is 13.7. The zero-order valence-corrected chi connectivity index (χ0v) is 24.2. The van der Waals surface area contributed by atoms with Crippen molar-refractivity contribution in [2.24, 2.45) is 0 Å². The molecule has 1 aliphatic rings. The van der Waals surface area contributed by atoms with E-state index in [-0.39, 0.29) is 15.6 Å². The number of hydrogen-bond donors (Lipinski definition) is 1. The van der Waals surface area contributed by atoms with Gasteiger partial charge >= 0.3 is 0 Å². The zero-order valence-electron chi connectivity index (χ0n) is 21.0. The molecule has 3 aromatic rings. The Hall–Kier alpha value is -2.94. The van der Waals surface area contributed by atoms with Crippen LogP contribution in [0.5, 0.6) is 5.75 Å². The second-order valence-electron chi connectivity index (χ2n) is 9.74. The molecular weight excluding hydrogens is 568 g/mol. The molecule has 0 atom stereocenters. The number of aryl methyl sites for hydroxylation is 1. The van der Waals surface area contributed by atoms with Crippen molar-refractivity contribution in [1.29, 1.82) is 0 Å². The van der Waals surface area contributed by atoms with E-state index in [2.05, 4.69) is 66.4 Å². The minimum Gasteiger partial charge on any atom is -0.488 e. The van der Waals surface area contributed by atoms with E-state index in [4.69, 9.17) is 17.0 Å². The van der Waals surface area contributed by atoms with Gasteiger partial charge in [-0.05, 0) is 72.1 Å². The van der Waals surface area contributed by atoms with Crippen LogP contribution in [0.1, 0.15) is 53.4 Å². The number of hydrazine groups is 1. The standard InChI is InChI=1S/C29H27BrN2O3S2/c1-18-5-9-20(10-6-18)26(33)31-32-27(34)25(37-28(32)36)16-21-15-23(30)13-14-24(21)35-17-19-7-11-22(12-8-19)29(2,3)4/h5-16H,17H2,1-4H3,(H,31,33)/b25-16+. The molecule has 3 aromatic carbocycles. The monoisotopic (exact) mass is 594 g/mol. The van der Waals surface area contributed by atoms with Gasteiger partial charge in [-0.2, -0.15) is 5.01 Å². The number of hydrogen-bond acceptors (Lipinski definition) is 5. The Morgan fingerprint density at radius 3 is 2.41 bits per heavy atom. The summed E-state index contributed by atoms with van der Waals surface area (Å²) in [6.45, 7) is 8.88. The Kier molecular flexibility index (Phi) is 8.21. The van der Waals surface area contributed by atoms with Crippen LogP contribution in [-0.4, -0.2) is 21.1 Å². The van der Waals surface area contributed by atoms with E-state index in [0.717, 1.165) is 37.9 Å². The number of halogens is 1. The van der Waals surface area contributed by atoms with Crippen LogP contribution in [0, 0.1) is 6.92 Å². The van der Waals surface area contributed by atoms with Crippen LogP contribution in [0.4, 0.5) is 0 Å². The molecule has 5 nitrogen and oxygen atoms in total. The predicted octanol–water partition coefficient (Wildman–Crippen LogP) is 7.18. The summed E-state index contributed by atoms with van der Waals surface area (Å²) >= 11 is 10.0. The highest BCUT2D eigenvalue weighted by atomic mass is 79.9. The molecule has 0 radical (unpaired) electrons. The van der Waals surface area contributed by atoms with Crippen molar-refractivity contribution in [3.63, 3.8) is 0 Å². The molecule has 2 amide bonds. The summed E-state index contributed by atoms with van der Waals surface area (Å²) in [4.78, 5) is 26.1. The smallest absolute Gasteiger partial charge is 0.285 e. The van der Waals surface area contributed by atoms with Crippen molar-refractivity contribution in [2.45, 2.75) is 39.7 Å². The average molecular weight is 596 g/mol. The first-order valence-electron chi connectivity index (χ1n) is 11.7. The van der Waals surface area contributed by atoms with E-state index in [0.29, 0.717) is 22.8 Å². The fourth-order valence-corrected chi connectivity index (χ4v) is 5.15. The Morgan fingerprint density at radius 2 is 1.76 bits per heavy atom. The number of rotatable bonds is 6. The number of carbonyl (C=O) groups excluding carboxylic acids is 2. The summed E-state index contributed by atoms with van der Waals surface area (Å²) in [5, 5.41) is 1.11. The second kappa shape index (κ2) is 11.2. The molecule has 1 fully saturated rings. The van der Waals surface area contributed by atoms with Crippen LogP contribution in [-0.2, 0) is 16.8 Å². The van der Waals surface area contributed by atoms with Gasteiger partial charge in [0, 0.05) is 15.6 Å². The summed E-state index contributed by atoms with van der Waals surface area (Å²) in [7, 11) is 0. The van der Waals surface area contributed by atoms with E-state index >= 15 is 0 Å². The van der Waals surface area contributed by atoms with E-state index in [1.54, 1.807) is 18.2 Å². The molecule has 1 heterocycles. The maximum Gasteiger partial charge on any atom is 0.285 e. The minimum absolute atomic E-state index is 0.0873. The van der Waals surface area contributed by atoms with Crippen LogP contribution in [0.15, 0.2) is 76.1 Å². The highest BCUT2D eigenvalue weighted by Crippen LogP contribution is 2.35. The third-order valence-corrected chi connectivity index (χ3v) is 7.59. The predicted molar refractivity (Wildman–Crippen MR) is 157 cm³/mol. The molecule has 0 unspecified atom stereocenters. The van der Waals surface area contributed by atoms with Gasteiger partial charge in [0.15, 0.2) is 4.32 Å². The molecule has 1 saturated heterocycles. The molecule has 1 N–H and O–H groups in total. The van der Waals surface area contributed by atoms with Crippen molar-refractivity contribution < 1.29 is 14.3 Å². The van der Waals surface area contributed by atoms with Crippen LogP contribution in [0.3, 0.4) is 0 Å². The lowest BCUT2D eigenvalue weighted by Gasteiger charge is -2.19. The molecule has 37 heavy (non-hydrogen) atoms. The van der Waals surface area contributed by atoms with Crippen LogP contribution >= 0.6 is 39.9 Å². The van der Waals surface area contributed by atoms with Crippen molar-refractivity contribution in [3.05, 3.63) is 104 Å². The van der Waals surface area contributed by atoms with Gasteiger partial charge in [0.2, 0.25) is 0 Å². The first-order chi connectivity index (χ1) is 17.5. The lowest BCUT2D eigenvalue weighted by Crippen LogP contribution is -2.44. The lowest BCUT2D eigenvalue weighted by molar-refractivity contribution is -0.123. The van der Waals surface area contributed by atoms with Gasteiger partial charge in [0.25, 0.3) is 11.8 Å². The van der Waals surface area contributed by atoms with Gasteiger partial charge in [0.05, 0.1) is 4.91 Å². The fraction of sp³-hybridized carbons (Fsp3) is 0.207. The summed E-state index contributed by atoms with van der Waals surface area (Å²) in [5.74, 6) is -0.155. The van der Waals surface area contributed by atoms with E-state index < -0.39 is 5.91 Å². The maximum absolute atomic E-state index is 13.1. The van der Waals surface area contributed by atoms with E-state index in [1.165, 1.54) is 5.56 Å². The van der Waals surface area contributed by atoms with Gasteiger partial charge in [-0.15, -0.1) is 0 Å². The van der Waals surface area contributed by atoms with Crippen molar-refractivity contribution in [1.82, 2.24) is 10.4 Å². The molecule has 1 aliphatic heterocycles. The van der Waals surface area contributed by atoms with Gasteiger partial charge in [-0.3, -0.25) is 15.0 Å². The largest absolute Gasteiger partial charge is 0.488 e. The number of amides is 2. The highest BCUT2D eigenvalue weighted by Gasteiger charge is 2.34. The average Bonchev–Trinajstić information content (AvgIpc) is 3.11. The topological polar surface area (TPSA) is 58.6 Å². The maximum atomic E-state index is 13.1. The van der Waals surface area contributed by atoms with Crippen molar-refractivity contribution in [3.8, 4) is 5.75 Å². The molecule has 0 bridgehead atoms. The molecule has 0 aliphatic carbocycles. The summed E-state index contributed by atoms with van der Waals surface area (Å²) in [5.41, 5.74) is 7.23. The Balaban J connectivity index is 1.50. The lowest BCUT2D eigenvalue weighted by atomic mass is 9.87. The molecule has 8 heteroatoms. The quantitative estimate of drug-likeness (QED) is 0.242. The molecule has 0 aromatic heterocycles. The first kappa shape index (κ1) is 27.1. The number of thiocarbonyl (C=S) groups is 1. The second-order valence-corrected chi connectivity index (χ2v) is 12.3. The molecular formula is C29H27BrN2O3S2. The van der Waals surface area contributed by atoms with Crippen LogP contribution in [0.2, 0.25) is 0 Å². The van der Waals surface area contributed by atoms with Gasteiger partial charge in [-0.25, -0.2) is 0 Å². The third-order valence-electron chi connectivity index (χ3n) is 5.79. The fourth-order valence-electron chi connectivity index (χ4n) is 3.60.